The molecular weight excluding hydrogens is 256 g/mol. The summed E-state index contributed by atoms with van der Waals surface area (Å²) < 4.78 is 0. The third-order valence-electron chi connectivity index (χ3n) is 1.84. The second kappa shape index (κ2) is 6.61. The Morgan fingerprint density at radius 1 is 1.47 bits per heavy atom. The van der Waals surface area contributed by atoms with Crippen molar-refractivity contribution in [1.29, 1.82) is 0 Å². The number of anilines is 1. The number of aryl methyl sites for hydroxylation is 1. The molecule has 0 aromatic carbocycles. The fourth-order valence-electron chi connectivity index (χ4n) is 1.12. The number of rotatable bonds is 4. The van der Waals surface area contributed by atoms with Gasteiger partial charge in [0, 0.05) is 6.42 Å². The Bertz CT molecular complexity index is 403. The molecule has 0 unspecified atom stereocenters. The summed E-state index contributed by atoms with van der Waals surface area (Å²) in [5.41, 5.74) is 0. The third kappa shape index (κ3) is 5.18. The Morgan fingerprint density at radius 3 is 2.71 bits per heavy atom. The first-order chi connectivity index (χ1) is 8.01. The molecule has 1 heterocycles. The molecule has 1 rings (SSSR count). The number of carbonyl (C=O) groups is 1. The molecule has 7 heteroatoms. The third-order valence-corrected chi connectivity index (χ3v) is 3.02. The highest BCUT2D eigenvalue weighted by Crippen LogP contribution is 2.14. The molecule has 1 amide bonds. The number of thiocarbonyl (C=S) groups is 1. The fourth-order valence-corrected chi connectivity index (χ4v) is 2.08. The summed E-state index contributed by atoms with van der Waals surface area (Å²) in [4.78, 5) is 11.4. The normalized spacial score (nSPS) is 10.4. The average Bonchev–Trinajstić information content (AvgIpc) is 2.63. The van der Waals surface area contributed by atoms with Crippen molar-refractivity contribution in [3.8, 4) is 0 Å². The number of amides is 1. The van der Waals surface area contributed by atoms with E-state index in [1.54, 1.807) is 0 Å². The van der Waals surface area contributed by atoms with E-state index in [-0.39, 0.29) is 11.0 Å². The minimum Gasteiger partial charge on any atom is -0.307 e. The van der Waals surface area contributed by atoms with Crippen molar-refractivity contribution in [2.75, 3.05) is 5.32 Å². The standard InChI is InChI=1S/C10H16N4OS2/c1-4-8-13-14-10(17-8)12-9(16)11-7(15)5-6(2)3/h6H,4-5H2,1-3H3,(H2,11,12,14,15,16). The van der Waals surface area contributed by atoms with Gasteiger partial charge in [-0.1, -0.05) is 32.1 Å². The van der Waals surface area contributed by atoms with Crippen LogP contribution < -0.4 is 10.6 Å². The molecule has 0 aliphatic heterocycles. The van der Waals surface area contributed by atoms with E-state index >= 15 is 0 Å². The monoisotopic (exact) mass is 272 g/mol. The van der Waals surface area contributed by atoms with Crippen LogP contribution in [0.5, 0.6) is 0 Å². The lowest BCUT2D eigenvalue weighted by Crippen LogP contribution is -2.34. The Balaban J connectivity index is 2.41. The molecular formula is C10H16N4OS2. The van der Waals surface area contributed by atoms with Crippen molar-refractivity contribution < 1.29 is 4.79 Å². The van der Waals surface area contributed by atoms with E-state index in [4.69, 9.17) is 12.2 Å². The molecule has 0 spiro atoms. The summed E-state index contributed by atoms with van der Waals surface area (Å²) in [6.07, 6.45) is 1.30. The van der Waals surface area contributed by atoms with E-state index in [9.17, 15) is 4.79 Å². The van der Waals surface area contributed by atoms with E-state index in [1.807, 2.05) is 20.8 Å². The number of hydrogen-bond acceptors (Lipinski definition) is 5. The summed E-state index contributed by atoms with van der Waals surface area (Å²) in [6, 6.07) is 0. The highest BCUT2D eigenvalue weighted by Gasteiger charge is 2.09. The van der Waals surface area contributed by atoms with Crippen molar-refractivity contribution in [3.05, 3.63) is 5.01 Å². The van der Waals surface area contributed by atoms with Crippen LogP contribution in [0, 0.1) is 5.92 Å². The van der Waals surface area contributed by atoms with Crippen LogP contribution >= 0.6 is 23.6 Å². The van der Waals surface area contributed by atoms with Gasteiger partial charge in [-0.25, -0.2) is 0 Å². The molecule has 2 N–H and O–H groups in total. The van der Waals surface area contributed by atoms with Gasteiger partial charge >= 0.3 is 0 Å². The smallest absolute Gasteiger partial charge is 0.226 e. The predicted octanol–water partition coefficient (Wildman–Crippen LogP) is 1.96. The minimum atomic E-state index is -0.0854. The molecule has 94 valence electrons. The van der Waals surface area contributed by atoms with Gasteiger partial charge in [0.25, 0.3) is 0 Å². The summed E-state index contributed by atoms with van der Waals surface area (Å²) in [5, 5.41) is 15.1. The van der Waals surface area contributed by atoms with Crippen molar-refractivity contribution in [2.45, 2.75) is 33.6 Å². The number of carbonyl (C=O) groups excluding carboxylic acids is 1. The molecule has 0 fully saturated rings. The lowest BCUT2D eigenvalue weighted by atomic mass is 10.1. The molecule has 5 nitrogen and oxygen atoms in total. The van der Waals surface area contributed by atoms with Crippen LogP contribution in [-0.2, 0) is 11.2 Å². The zero-order chi connectivity index (χ0) is 12.8. The quantitative estimate of drug-likeness (QED) is 0.820. The highest BCUT2D eigenvalue weighted by molar-refractivity contribution is 7.80. The summed E-state index contributed by atoms with van der Waals surface area (Å²) in [5.74, 6) is 0.226. The zero-order valence-electron chi connectivity index (χ0n) is 10.1. The maximum absolute atomic E-state index is 11.4. The summed E-state index contributed by atoms with van der Waals surface area (Å²) >= 11 is 6.44. The van der Waals surface area contributed by atoms with E-state index < -0.39 is 0 Å². The minimum absolute atomic E-state index is 0.0854. The van der Waals surface area contributed by atoms with Crippen molar-refractivity contribution in [2.24, 2.45) is 5.92 Å². The Labute approximate surface area is 110 Å². The topological polar surface area (TPSA) is 66.9 Å². The molecule has 0 bridgehead atoms. The Kier molecular flexibility index (Phi) is 5.43. The van der Waals surface area contributed by atoms with Crippen LogP contribution in [0.3, 0.4) is 0 Å². The SMILES string of the molecule is CCc1nnc(NC(=S)NC(=O)CC(C)C)s1. The van der Waals surface area contributed by atoms with Crippen molar-refractivity contribution in [3.63, 3.8) is 0 Å². The van der Waals surface area contributed by atoms with Crippen molar-refractivity contribution >= 4 is 39.7 Å². The Morgan fingerprint density at radius 2 is 2.18 bits per heavy atom. The van der Waals surface area contributed by atoms with Gasteiger partial charge in [-0.15, -0.1) is 10.2 Å². The van der Waals surface area contributed by atoms with Gasteiger partial charge in [-0.05, 0) is 24.6 Å². The zero-order valence-corrected chi connectivity index (χ0v) is 11.7. The molecule has 17 heavy (non-hydrogen) atoms. The van der Waals surface area contributed by atoms with Gasteiger partial charge in [0.05, 0.1) is 0 Å². The molecule has 0 radical (unpaired) electrons. The van der Waals surface area contributed by atoms with Gasteiger partial charge in [-0.2, -0.15) is 0 Å². The number of hydrogen-bond donors (Lipinski definition) is 2. The fraction of sp³-hybridized carbons (Fsp3) is 0.600. The lowest BCUT2D eigenvalue weighted by Gasteiger charge is -2.07. The molecule has 0 saturated carbocycles. The van der Waals surface area contributed by atoms with Crippen LogP contribution in [0.2, 0.25) is 0 Å². The first-order valence-corrected chi connectivity index (χ1v) is 6.67. The largest absolute Gasteiger partial charge is 0.307 e. The van der Waals surface area contributed by atoms with E-state index in [0.29, 0.717) is 17.5 Å². The molecule has 0 aliphatic carbocycles. The summed E-state index contributed by atoms with van der Waals surface area (Å²) in [7, 11) is 0. The van der Waals surface area contributed by atoms with Crippen LogP contribution in [0.4, 0.5) is 5.13 Å². The molecule has 0 atom stereocenters. The average molecular weight is 272 g/mol. The summed E-state index contributed by atoms with van der Waals surface area (Å²) in [6.45, 7) is 5.97. The van der Waals surface area contributed by atoms with E-state index in [1.165, 1.54) is 11.3 Å². The maximum Gasteiger partial charge on any atom is 0.226 e. The predicted molar refractivity (Wildman–Crippen MR) is 73.1 cm³/mol. The first kappa shape index (κ1) is 14.0. The first-order valence-electron chi connectivity index (χ1n) is 5.44. The van der Waals surface area contributed by atoms with Crippen LogP contribution in [0.15, 0.2) is 0 Å². The van der Waals surface area contributed by atoms with Crippen LogP contribution in [-0.4, -0.2) is 21.2 Å². The van der Waals surface area contributed by atoms with E-state index in [2.05, 4.69) is 20.8 Å². The van der Waals surface area contributed by atoms with Gasteiger partial charge in [0.15, 0.2) is 5.11 Å². The second-order valence-corrected chi connectivity index (χ2v) is 5.43. The number of nitrogens with one attached hydrogen (secondary N) is 2. The second-order valence-electron chi connectivity index (χ2n) is 3.95. The van der Waals surface area contributed by atoms with Gasteiger partial charge in [-0.3, -0.25) is 4.79 Å². The van der Waals surface area contributed by atoms with Gasteiger partial charge < -0.3 is 10.6 Å². The highest BCUT2D eigenvalue weighted by atomic mass is 32.1. The molecule has 0 saturated heterocycles. The molecule has 1 aromatic rings. The maximum atomic E-state index is 11.4. The lowest BCUT2D eigenvalue weighted by molar-refractivity contribution is -0.120. The number of nitrogens with zero attached hydrogens (tertiary/aromatic N) is 2. The number of aromatic nitrogens is 2. The molecule has 1 aromatic heterocycles. The van der Waals surface area contributed by atoms with Gasteiger partial charge in [0.1, 0.15) is 5.01 Å². The van der Waals surface area contributed by atoms with Crippen LogP contribution in [0.1, 0.15) is 32.2 Å². The van der Waals surface area contributed by atoms with Gasteiger partial charge in [0.2, 0.25) is 11.0 Å². The Hall–Kier alpha value is -1.08. The van der Waals surface area contributed by atoms with E-state index in [0.717, 1.165) is 11.4 Å². The molecule has 0 aliphatic rings. The van der Waals surface area contributed by atoms with Crippen LogP contribution in [0.25, 0.3) is 0 Å². The van der Waals surface area contributed by atoms with Crippen molar-refractivity contribution in [1.82, 2.24) is 15.5 Å².